The van der Waals surface area contributed by atoms with Gasteiger partial charge in [-0.1, -0.05) is 6.92 Å². The number of nitriles is 1. The van der Waals surface area contributed by atoms with Crippen LogP contribution in [-0.4, -0.2) is 37.0 Å². The molecule has 4 heteroatoms. The van der Waals surface area contributed by atoms with Crippen LogP contribution in [0.3, 0.4) is 0 Å². The summed E-state index contributed by atoms with van der Waals surface area (Å²) in [5.41, 5.74) is -0.867. The Balaban J connectivity index is 2.46. The Kier molecular flexibility index (Phi) is 3.12. The molecule has 0 radical (unpaired) electrons. The highest BCUT2D eigenvalue weighted by Gasteiger charge is 2.34. The van der Waals surface area contributed by atoms with Crippen LogP contribution in [0.5, 0.6) is 0 Å². The number of amides is 1. The maximum Gasteiger partial charge on any atom is 0.240 e. The van der Waals surface area contributed by atoms with E-state index in [9.17, 15) is 4.79 Å². The van der Waals surface area contributed by atoms with E-state index in [-0.39, 0.29) is 11.9 Å². The normalized spacial score (nSPS) is 21.9. The van der Waals surface area contributed by atoms with E-state index < -0.39 is 5.41 Å². The summed E-state index contributed by atoms with van der Waals surface area (Å²) < 4.78 is 0. The van der Waals surface area contributed by atoms with Crippen molar-refractivity contribution in [3.05, 3.63) is 0 Å². The van der Waals surface area contributed by atoms with Crippen LogP contribution >= 0.6 is 0 Å². The van der Waals surface area contributed by atoms with Crippen LogP contribution in [0.25, 0.3) is 0 Å². The van der Waals surface area contributed by atoms with Gasteiger partial charge in [0.25, 0.3) is 0 Å². The zero-order valence-electron chi connectivity index (χ0n) is 9.00. The Morgan fingerprint density at radius 2 is 2.29 bits per heavy atom. The molecule has 0 bridgehead atoms. The molecule has 1 aliphatic rings. The van der Waals surface area contributed by atoms with Gasteiger partial charge in [-0.2, -0.15) is 5.26 Å². The van der Waals surface area contributed by atoms with Crippen LogP contribution in [0.15, 0.2) is 0 Å². The summed E-state index contributed by atoms with van der Waals surface area (Å²) in [5.74, 6) is -0.138. The molecule has 0 aromatic carbocycles. The van der Waals surface area contributed by atoms with E-state index in [4.69, 9.17) is 5.26 Å². The molecule has 1 unspecified atom stereocenters. The van der Waals surface area contributed by atoms with E-state index in [1.807, 2.05) is 14.0 Å². The van der Waals surface area contributed by atoms with Gasteiger partial charge >= 0.3 is 0 Å². The van der Waals surface area contributed by atoms with Crippen LogP contribution in [0.1, 0.15) is 20.3 Å². The van der Waals surface area contributed by atoms with Gasteiger partial charge in [0.05, 0.1) is 12.1 Å². The minimum Gasteiger partial charge on any atom is -0.349 e. The average molecular weight is 195 g/mol. The van der Waals surface area contributed by atoms with Crippen LogP contribution in [0.4, 0.5) is 0 Å². The molecule has 1 aliphatic heterocycles. The van der Waals surface area contributed by atoms with Crippen molar-refractivity contribution >= 4 is 5.91 Å². The number of carbonyl (C=O) groups is 1. The van der Waals surface area contributed by atoms with Gasteiger partial charge < -0.3 is 10.2 Å². The molecule has 14 heavy (non-hydrogen) atoms. The fourth-order valence-electron chi connectivity index (χ4n) is 1.43. The maximum absolute atomic E-state index is 11.7. The van der Waals surface area contributed by atoms with Crippen molar-refractivity contribution in [1.29, 1.82) is 5.26 Å². The molecule has 4 nitrogen and oxygen atoms in total. The molecule has 78 valence electrons. The second-order valence-electron chi connectivity index (χ2n) is 4.19. The second-order valence-corrected chi connectivity index (χ2v) is 4.19. The zero-order valence-corrected chi connectivity index (χ0v) is 9.00. The first kappa shape index (κ1) is 11.0. The molecule has 1 heterocycles. The zero-order chi connectivity index (χ0) is 10.8. The van der Waals surface area contributed by atoms with Crippen molar-refractivity contribution in [3.63, 3.8) is 0 Å². The Labute approximate surface area is 84.9 Å². The number of carbonyl (C=O) groups excluding carboxylic acids is 1. The van der Waals surface area contributed by atoms with Crippen molar-refractivity contribution in [2.24, 2.45) is 5.41 Å². The highest BCUT2D eigenvalue weighted by Crippen LogP contribution is 2.20. The number of likely N-dealkylation sites (N-methyl/N-ethyl adjacent to an activating group) is 1. The number of likely N-dealkylation sites (tertiary alicyclic amines) is 1. The Morgan fingerprint density at radius 1 is 1.71 bits per heavy atom. The van der Waals surface area contributed by atoms with Crippen molar-refractivity contribution < 1.29 is 4.79 Å². The van der Waals surface area contributed by atoms with E-state index in [0.717, 1.165) is 13.1 Å². The topological polar surface area (TPSA) is 56.1 Å². The third kappa shape index (κ3) is 2.05. The number of rotatable bonds is 3. The molecule has 1 rings (SSSR count). The second kappa shape index (κ2) is 3.97. The molecule has 1 saturated heterocycles. The Hall–Kier alpha value is -1.08. The summed E-state index contributed by atoms with van der Waals surface area (Å²) in [4.78, 5) is 13.8. The third-order valence-corrected chi connectivity index (χ3v) is 2.85. The molecule has 1 fully saturated rings. The summed E-state index contributed by atoms with van der Waals surface area (Å²) in [6.07, 6.45) is 0.553. The fraction of sp³-hybridized carbons (Fsp3) is 0.800. The molecule has 1 N–H and O–H groups in total. The molecule has 1 atom stereocenters. The summed E-state index contributed by atoms with van der Waals surface area (Å²) in [6, 6.07) is 2.30. The lowest BCUT2D eigenvalue weighted by atomic mass is 9.88. The number of hydrogen-bond donors (Lipinski definition) is 1. The van der Waals surface area contributed by atoms with E-state index in [1.54, 1.807) is 6.92 Å². The monoisotopic (exact) mass is 195 g/mol. The summed E-state index contributed by atoms with van der Waals surface area (Å²) in [7, 11) is 2.01. The first-order chi connectivity index (χ1) is 6.51. The van der Waals surface area contributed by atoms with Crippen molar-refractivity contribution in [1.82, 2.24) is 10.2 Å². The lowest BCUT2D eigenvalue weighted by Crippen LogP contribution is -2.59. The molecule has 0 aromatic heterocycles. The largest absolute Gasteiger partial charge is 0.349 e. The number of hydrogen-bond acceptors (Lipinski definition) is 3. The molecule has 0 aliphatic carbocycles. The van der Waals surface area contributed by atoms with Gasteiger partial charge in [-0.3, -0.25) is 4.79 Å². The van der Waals surface area contributed by atoms with Crippen molar-refractivity contribution in [3.8, 4) is 6.07 Å². The van der Waals surface area contributed by atoms with Crippen molar-refractivity contribution in [2.45, 2.75) is 26.3 Å². The minimum absolute atomic E-state index is 0.138. The van der Waals surface area contributed by atoms with E-state index in [0.29, 0.717) is 6.42 Å². The lowest BCUT2D eigenvalue weighted by Gasteiger charge is -2.37. The van der Waals surface area contributed by atoms with Gasteiger partial charge in [-0.25, -0.2) is 0 Å². The van der Waals surface area contributed by atoms with E-state index in [2.05, 4.69) is 16.3 Å². The third-order valence-electron chi connectivity index (χ3n) is 2.85. The standard InChI is InChI=1S/C10H17N3O/c1-4-10(2,7-11)9(14)12-8-5-13(3)6-8/h8H,4-6H2,1-3H3,(H,12,14). The van der Waals surface area contributed by atoms with Gasteiger partial charge in [0.1, 0.15) is 5.41 Å². The lowest BCUT2D eigenvalue weighted by molar-refractivity contribution is -0.129. The predicted molar refractivity (Wildman–Crippen MR) is 53.4 cm³/mol. The fourth-order valence-corrected chi connectivity index (χ4v) is 1.43. The number of nitrogens with zero attached hydrogens (tertiary/aromatic N) is 2. The predicted octanol–water partition coefficient (Wildman–Crippen LogP) is 0.356. The highest BCUT2D eigenvalue weighted by molar-refractivity contribution is 5.85. The van der Waals surface area contributed by atoms with Gasteiger partial charge in [0.2, 0.25) is 5.91 Å². The minimum atomic E-state index is -0.867. The van der Waals surface area contributed by atoms with Gasteiger partial charge in [-0.05, 0) is 20.4 Å². The van der Waals surface area contributed by atoms with Gasteiger partial charge in [0.15, 0.2) is 0 Å². The molecular formula is C10H17N3O. The van der Waals surface area contributed by atoms with Crippen molar-refractivity contribution in [2.75, 3.05) is 20.1 Å². The quantitative estimate of drug-likeness (QED) is 0.707. The van der Waals surface area contributed by atoms with Gasteiger partial charge in [-0.15, -0.1) is 0 Å². The maximum atomic E-state index is 11.7. The molecule has 0 spiro atoms. The van der Waals surface area contributed by atoms with Crippen LogP contribution < -0.4 is 5.32 Å². The molecular weight excluding hydrogens is 178 g/mol. The van der Waals surface area contributed by atoms with Crippen LogP contribution in [-0.2, 0) is 4.79 Å². The molecule has 1 amide bonds. The summed E-state index contributed by atoms with van der Waals surface area (Å²) >= 11 is 0. The smallest absolute Gasteiger partial charge is 0.240 e. The SMILES string of the molecule is CCC(C)(C#N)C(=O)NC1CN(C)C1. The van der Waals surface area contributed by atoms with E-state index in [1.165, 1.54) is 0 Å². The Bertz CT molecular complexity index is 265. The average Bonchev–Trinajstić information content (AvgIpc) is 2.14. The van der Waals surface area contributed by atoms with Gasteiger partial charge in [0, 0.05) is 13.1 Å². The van der Waals surface area contributed by atoms with E-state index >= 15 is 0 Å². The van der Waals surface area contributed by atoms with Crippen LogP contribution in [0.2, 0.25) is 0 Å². The summed E-state index contributed by atoms with van der Waals surface area (Å²) in [5, 5.41) is 11.8. The Morgan fingerprint density at radius 3 is 2.64 bits per heavy atom. The van der Waals surface area contributed by atoms with Crippen LogP contribution in [0, 0.1) is 16.7 Å². The summed E-state index contributed by atoms with van der Waals surface area (Å²) in [6.45, 7) is 5.31. The molecule has 0 saturated carbocycles. The first-order valence-corrected chi connectivity index (χ1v) is 4.92. The molecule has 0 aromatic rings. The first-order valence-electron chi connectivity index (χ1n) is 4.92. The number of nitrogens with one attached hydrogen (secondary N) is 1. The highest BCUT2D eigenvalue weighted by atomic mass is 16.2.